The number of hydrogen-bond donors (Lipinski definition) is 1. The van der Waals surface area contributed by atoms with Gasteiger partial charge in [-0.2, -0.15) is 0 Å². The first kappa shape index (κ1) is 14.7. The second-order valence-corrected chi connectivity index (χ2v) is 4.82. The fourth-order valence-electron chi connectivity index (χ4n) is 2.52. The second kappa shape index (κ2) is 7.15. The molecule has 0 spiro atoms. The van der Waals surface area contributed by atoms with Gasteiger partial charge in [0.1, 0.15) is 11.5 Å². The lowest BCUT2D eigenvalue weighted by Gasteiger charge is -2.18. The Kier molecular flexibility index (Phi) is 5.24. The van der Waals surface area contributed by atoms with Gasteiger partial charge in [0.2, 0.25) is 0 Å². The van der Waals surface area contributed by atoms with E-state index in [1.165, 1.54) is 11.1 Å². The first-order valence-electron chi connectivity index (χ1n) is 7.21. The quantitative estimate of drug-likeness (QED) is 0.834. The Hall–Kier alpha value is -1.74. The first-order valence-corrected chi connectivity index (χ1v) is 7.21. The van der Waals surface area contributed by atoms with E-state index in [4.69, 9.17) is 9.15 Å². The molecule has 108 valence electrons. The molecule has 0 fully saturated rings. The molecule has 1 N–H and O–H groups in total. The van der Waals surface area contributed by atoms with E-state index in [-0.39, 0.29) is 6.04 Å². The molecule has 0 aliphatic carbocycles. The minimum atomic E-state index is 0.279. The molecule has 0 aliphatic rings. The number of methoxy groups -OCH3 is 1. The molecule has 1 aromatic carbocycles. The monoisotopic (exact) mass is 273 g/mol. The predicted molar refractivity (Wildman–Crippen MR) is 81.2 cm³/mol. The van der Waals surface area contributed by atoms with Crippen molar-refractivity contribution in [3.05, 3.63) is 53.5 Å². The molecule has 1 aromatic heterocycles. The molecule has 3 heteroatoms. The molecule has 0 saturated heterocycles. The van der Waals surface area contributed by atoms with Crippen LogP contribution < -0.4 is 10.1 Å². The lowest BCUT2D eigenvalue weighted by molar-refractivity contribution is 0.413. The summed E-state index contributed by atoms with van der Waals surface area (Å²) in [6.07, 6.45) is 3.63. The molecule has 0 bridgehead atoms. The van der Waals surface area contributed by atoms with Gasteiger partial charge in [-0.1, -0.05) is 26.0 Å². The van der Waals surface area contributed by atoms with Gasteiger partial charge < -0.3 is 14.5 Å². The number of ether oxygens (including phenoxy) is 1. The minimum Gasteiger partial charge on any atom is -0.497 e. The summed E-state index contributed by atoms with van der Waals surface area (Å²) in [5.41, 5.74) is 2.52. The minimum absolute atomic E-state index is 0.279. The van der Waals surface area contributed by atoms with Gasteiger partial charge in [0.05, 0.1) is 13.4 Å². The number of rotatable bonds is 7. The number of aryl methyl sites for hydroxylation is 1. The van der Waals surface area contributed by atoms with Crippen molar-refractivity contribution in [1.82, 2.24) is 5.32 Å². The zero-order valence-corrected chi connectivity index (χ0v) is 12.5. The van der Waals surface area contributed by atoms with E-state index in [2.05, 4.69) is 37.4 Å². The van der Waals surface area contributed by atoms with Crippen LogP contribution in [0.4, 0.5) is 0 Å². The van der Waals surface area contributed by atoms with Crippen molar-refractivity contribution in [3.63, 3.8) is 0 Å². The smallest absolute Gasteiger partial charge is 0.119 e. The summed E-state index contributed by atoms with van der Waals surface area (Å²) in [5.74, 6) is 1.97. The van der Waals surface area contributed by atoms with Gasteiger partial charge in [-0.15, -0.1) is 0 Å². The third-order valence-corrected chi connectivity index (χ3v) is 3.50. The third-order valence-electron chi connectivity index (χ3n) is 3.50. The summed E-state index contributed by atoms with van der Waals surface area (Å²) in [4.78, 5) is 0. The highest BCUT2D eigenvalue weighted by atomic mass is 16.5. The van der Waals surface area contributed by atoms with Gasteiger partial charge in [-0.05, 0) is 36.7 Å². The van der Waals surface area contributed by atoms with E-state index in [1.54, 1.807) is 13.4 Å². The van der Waals surface area contributed by atoms with E-state index >= 15 is 0 Å². The largest absolute Gasteiger partial charge is 0.497 e. The second-order valence-electron chi connectivity index (χ2n) is 4.82. The maximum absolute atomic E-state index is 5.56. The third kappa shape index (κ3) is 3.42. The molecule has 0 saturated carbocycles. The van der Waals surface area contributed by atoms with Crippen molar-refractivity contribution < 1.29 is 9.15 Å². The van der Waals surface area contributed by atoms with E-state index in [1.807, 2.05) is 12.1 Å². The zero-order chi connectivity index (χ0) is 14.4. The van der Waals surface area contributed by atoms with E-state index in [0.29, 0.717) is 0 Å². The summed E-state index contributed by atoms with van der Waals surface area (Å²) in [7, 11) is 1.70. The van der Waals surface area contributed by atoms with Crippen LogP contribution in [0.25, 0.3) is 0 Å². The van der Waals surface area contributed by atoms with E-state index in [0.717, 1.165) is 30.9 Å². The molecule has 0 aliphatic heterocycles. The number of furan rings is 1. The molecule has 3 nitrogen and oxygen atoms in total. The lowest BCUT2D eigenvalue weighted by Crippen LogP contribution is -2.23. The fraction of sp³-hybridized carbons (Fsp3) is 0.412. The van der Waals surface area contributed by atoms with E-state index in [9.17, 15) is 0 Å². The van der Waals surface area contributed by atoms with Crippen LogP contribution in [0.1, 0.15) is 36.8 Å². The van der Waals surface area contributed by atoms with Crippen molar-refractivity contribution in [2.24, 2.45) is 0 Å². The Morgan fingerprint density at radius 2 is 2.10 bits per heavy atom. The summed E-state index contributed by atoms with van der Waals surface area (Å²) in [6.45, 7) is 5.18. The Bertz CT molecular complexity index is 533. The number of nitrogens with one attached hydrogen (secondary N) is 1. The molecular weight excluding hydrogens is 250 g/mol. The Morgan fingerprint density at radius 3 is 2.80 bits per heavy atom. The standard InChI is InChI=1S/C17H23NO2/c1-4-17-15(9-10-20-17)16(18-5-2)12-13-7-6-8-14(11-13)19-3/h6-11,16,18H,4-5,12H2,1-3H3. The molecular formula is C17H23NO2. The fourth-order valence-corrected chi connectivity index (χ4v) is 2.52. The van der Waals surface area contributed by atoms with Crippen LogP contribution >= 0.6 is 0 Å². The van der Waals surface area contributed by atoms with Crippen molar-refractivity contribution >= 4 is 0 Å². The molecule has 1 atom stereocenters. The molecule has 1 heterocycles. The van der Waals surface area contributed by atoms with Crippen LogP contribution in [-0.4, -0.2) is 13.7 Å². The molecule has 0 amide bonds. The number of hydrogen-bond acceptors (Lipinski definition) is 3. The maximum atomic E-state index is 5.56. The predicted octanol–water partition coefficient (Wildman–Crippen LogP) is 3.74. The zero-order valence-electron chi connectivity index (χ0n) is 12.5. The average molecular weight is 273 g/mol. The summed E-state index contributed by atoms with van der Waals surface area (Å²) >= 11 is 0. The van der Waals surface area contributed by atoms with Gasteiger partial charge in [-0.25, -0.2) is 0 Å². The van der Waals surface area contributed by atoms with Crippen LogP contribution in [0.5, 0.6) is 5.75 Å². The van der Waals surface area contributed by atoms with Gasteiger partial charge >= 0.3 is 0 Å². The molecule has 2 aromatic rings. The van der Waals surface area contributed by atoms with Gasteiger partial charge in [0.25, 0.3) is 0 Å². The first-order chi connectivity index (χ1) is 9.78. The normalized spacial score (nSPS) is 12.3. The molecule has 20 heavy (non-hydrogen) atoms. The average Bonchev–Trinajstić information content (AvgIpc) is 2.95. The highest BCUT2D eigenvalue weighted by molar-refractivity contribution is 5.31. The number of likely N-dealkylation sites (N-methyl/N-ethyl adjacent to an activating group) is 1. The van der Waals surface area contributed by atoms with Crippen molar-refractivity contribution in [2.75, 3.05) is 13.7 Å². The summed E-state index contributed by atoms with van der Waals surface area (Å²) in [5, 5.41) is 3.54. The van der Waals surface area contributed by atoms with Crippen LogP contribution in [0.3, 0.4) is 0 Å². The van der Waals surface area contributed by atoms with Crippen molar-refractivity contribution in [2.45, 2.75) is 32.7 Å². The Morgan fingerprint density at radius 1 is 1.25 bits per heavy atom. The molecule has 0 radical (unpaired) electrons. The Balaban J connectivity index is 2.20. The molecule has 1 unspecified atom stereocenters. The lowest BCUT2D eigenvalue weighted by atomic mass is 9.98. The topological polar surface area (TPSA) is 34.4 Å². The van der Waals surface area contributed by atoms with Crippen LogP contribution in [0, 0.1) is 0 Å². The van der Waals surface area contributed by atoms with E-state index < -0.39 is 0 Å². The maximum Gasteiger partial charge on any atom is 0.119 e. The van der Waals surface area contributed by atoms with Crippen LogP contribution in [0.2, 0.25) is 0 Å². The van der Waals surface area contributed by atoms with Gasteiger partial charge in [0, 0.05) is 18.0 Å². The van der Waals surface area contributed by atoms with Crippen LogP contribution in [-0.2, 0) is 12.8 Å². The molecule has 2 rings (SSSR count). The SMILES string of the molecule is CCNC(Cc1cccc(OC)c1)c1ccoc1CC. The van der Waals surface area contributed by atoms with Gasteiger partial charge in [0.15, 0.2) is 0 Å². The van der Waals surface area contributed by atoms with Gasteiger partial charge in [-0.3, -0.25) is 0 Å². The number of benzene rings is 1. The highest BCUT2D eigenvalue weighted by Gasteiger charge is 2.16. The highest BCUT2D eigenvalue weighted by Crippen LogP contribution is 2.25. The van der Waals surface area contributed by atoms with Crippen molar-refractivity contribution in [1.29, 1.82) is 0 Å². The van der Waals surface area contributed by atoms with Crippen LogP contribution in [0.15, 0.2) is 41.0 Å². The Labute approximate surface area is 121 Å². The summed E-state index contributed by atoms with van der Waals surface area (Å²) < 4.78 is 10.9. The van der Waals surface area contributed by atoms with Crippen molar-refractivity contribution in [3.8, 4) is 5.75 Å². The summed E-state index contributed by atoms with van der Waals surface area (Å²) in [6, 6.07) is 10.6.